The van der Waals surface area contributed by atoms with Gasteiger partial charge in [0, 0.05) is 10.4 Å². The Bertz CT molecular complexity index is 1090. The van der Waals surface area contributed by atoms with E-state index >= 15 is 0 Å². The minimum Gasteiger partial charge on any atom is -0.344 e. The number of nitrogens with one attached hydrogen (secondary N) is 2. The van der Waals surface area contributed by atoms with E-state index in [-0.39, 0.29) is 23.6 Å². The summed E-state index contributed by atoms with van der Waals surface area (Å²) in [6, 6.07) is 19.4. The molecule has 152 valence electrons. The van der Waals surface area contributed by atoms with Gasteiger partial charge in [0.1, 0.15) is 5.70 Å². The molecule has 0 aliphatic heterocycles. The molecule has 2 N–H and O–H groups in total. The maximum Gasteiger partial charge on any atom is 0.268 e. The number of carbonyl (C=O) groups excluding carboxylic acids is 2. The van der Waals surface area contributed by atoms with Crippen LogP contribution in [0, 0.1) is 6.92 Å². The van der Waals surface area contributed by atoms with Crippen molar-refractivity contribution in [3.05, 3.63) is 98.9 Å². The molecule has 2 aromatic carbocycles. The number of fused-ring (bicyclic) bond motifs is 1. The summed E-state index contributed by atoms with van der Waals surface area (Å²) in [5, 5.41) is 7.91. The van der Waals surface area contributed by atoms with E-state index in [2.05, 4.69) is 22.8 Å². The molecule has 1 aliphatic carbocycles. The predicted octanol–water partition coefficient (Wildman–Crippen LogP) is 5.02. The van der Waals surface area contributed by atoms with Crippen LogP contribution in [0.4, 0.5) is 0 Å². The number of hydrogen-bond donors (Lipinski definition) is 2. The third-order valence-electron chi connectivity index (χ3n) is 5.28. The highest BCUT2D eigenvalue weighted by Crippen LogP contribution is 2.29. The lowest BCUT2D eigenvalue weighted by atomic mass is 9.87. The van der Waals surface area contributed by atoms with E-state index in [0.717, 1.165) is 35.3 Å². The minimum atomic E-state index is -0.291. The molecule has 0 saturated heterocycles. The summed E-state index contributed by atoms with van der Waals surface area (Å²) < 4.78 is 0. The number of aryl methyl sites for hydroxylation is 2. The Labute approximate surface area is 180 Å². The monoisotopic (exact) mass is 416 g/mol. The molecule has 0 spiro atoms. The van der Waals surface area contributed by atoms with Gasteiger partial charge in [0.25, 0.3) is 11.8 Å². The maximum absolute atomic E-state index is 13.2. The molecule has 0 radical (unpaired) electrons. The van der Waals surface area contributed by atoms with Crippen LogP contribution in [0.3, 0.4) is 0 Å². The van der Waals surface area contributed by atoms with Crippen LogP contribution in [0.15, 0.2) is 71.7 Å². The second kappa shape index (κ2) is 9.09. The molecule has 1 aliphatic rings. The molecule has 0 unspecified atom stereocenters. The van der Waals surface area contributed by atoms with Crippen LogP contribution in [0.1, 0.15) is 50.8 Å². The summed E-state index contributed by atoms with van der Waals surface area (Å²) in [6.07, 6.45) is 4.69. The highest BCUT2D eigenvalue weighted by molar-refractivity contribution is 7.10. The molecule has 1 heterocycles. The molecule has 0 bridgehead atoms. The van der Waals surface area contributed by atoms with E-state index in [9.17, 15) is 9.59 Å². The molecule has 30 heavy (non-hydrogen) atoms. The Balaban J connectivity index is 1.57. The topological polar surface area (TPSA) is 58.2 Å². The first-order valence-electron chi connectivity index (χ1n) is 10.1. The van der Waals surface area contributed by atoms with Gasteiger partial charge in [-0.3, -0.25) is 9.59 Å². The number of benzene rings is 2. The normalized spacial score (nSPS) is 15.9. The third kappa shape index (κ3) is 4.69. The Kier molecular flexibility index (Phi) is 6.10. The fraction of sp³-hybridized carbons (Fsp3) is 0.200. The van der Waals surface area contributed by atoms with Crippen molar-refractivity contribution in [3.8, 4) is 0 Å². The van der Waals surface area contributed by atoms with E-state index in [4.69, 9.17) is 0 Å². The van der Waals surface area contributed by atoms with E-state index in [1.807, 2.05) is 54.8 Å². The van der Waals surface area contributed by atoms with Gasteiger partial charge >= 0.3 is 0 Å². The zero-order chi connectivity index (χ0) is 20.9. The molecule has 5 heteroatoms. The SMILES string of the molecule is Cc1cccc(C(=O)N/C(=C\c2cccs2)C(=O)N[C@@H]2CCCc3ccccc32)c1. The molecule has 4 nitrogen and oxygen atoms in total. The second-order valence-corrected chi connectivity index (χ2v) is 8.49. The standard InChI is InChI=1S/C25H24N2O2S/c1-17-7-4-10-19(15-17)24(28)27-23(16-20-11-6-14-30-20)25(29)26-22-13-5-9-18-8-2-3-12-21(18)22/h2-4,6-8,10-12,14-16,22H,5,9,13H2,1H3,(H,26,29)(H,27,28)/b23-16-/t22-/m1/s1. The average molecular weight is 417 g/mol. The smallest absolute Gasteiger partial charge is 0.268 e. The fourth-order valence-corrected chi connectivity index (χ4v) is 4.45. The average Bonchev–Trinajstić information content (AvgIpc) is 3.26. The van der Waals surface area contributed by atoms with Crippen molar-refractivity contribution in [3.63, 3.8) is 0 Å². The van der Waals surface area contributed by atoms with E-state index < -0.39 is 0 Å². The molecule has 2 amide bonds. The summed E-state index contributed by atoms with van der Waals surface area (Å²) in [6.45, 7) is 1.94. The number of rotatable bonds is 5. The molecule has 0 saturated carbocycles. The Morgan fingerprint density at radius 3 is 2.73 bits per heavy atom. The lowest BCUT2D eigenvalue weighted by Gasteiger charge is -2.26. The van der Waals surface area contributed by atoms with E-state index in [1.165, 1.54) is 16.9 Å². The number of thiophene rings is 1. The number of amides is 2. The van der Waals surface area contributed by atoms with Crippen LogP contribution >= 0.6 is 11.3 Å². The van der Waals surface area contributed by atoms with Crippen molar-refractivity contribution in [2.75, 3.05) is 0 Å². The Morgan fingerprint density at radius 2 is 1.93 bits per heavy atom. The van der Waals surface area contributed by atoms with Gasteiger partial charge in [-0.1, -0.05) is 48.0 Å². The van der Waals surface area contributed by atoms with Gasteiger partial charge in [-0.05, 0) is 67.0 Å². The summed E-state index contributed by atoms with van der Waals surface area (Å²) in [4.78, 5) is 26.9. The first-order valence-corrected chi connectivity index (χ1v) is 11.0. The van der Waals surface area contributed by atoms with Gasteiger partial charge < -0.3 is 10.6 Å². The number of hydrogen-bond acceptors (Lipinski definition) is 3. The molecule has 1 atom stereocenters. The first kappa shape index (κ1) is 20.1. The first-order chi connectivity index (χ1) is 14.6. The number of carbonyl (C=O) groups is 2. The van der Waals surface area contributed by atoms with E-state index in [1.54, 1.807) is 12.1 Å². The van der Waals surface area contributed by atoms with Crippen molar-refractivity contribution >= 4 is 29.2 Å². The largest absolute Gasteiger partial charge is 0.344 e. The van der Waals surface area contributed by atoms with Crippen LogP contribution in [-0.2, 0) is 11.2 Å². The van der Waals surface area contributed by atoms with Crippen molar-refractivity contribution in [1.29, 1.82) is 0 Å². The molecule has 0 fully saturated rings. The molecule has 4 rings (SSSR count). The molecular weight excluding hydrogens is 392 g/mol. The van der Waals surface area contributed by atoms with Crippen LogP contribution in [0.5, 0.6) is 0 Å². The quantitative estimate of drug-likeness (QED) is 0.574. The van der Waals surface area contributed by atoms with Gasteiger partial charge in [0.2, 0.25) is 0 Å². The predicted molar refractivity (Wildman–Crippen MR) is 121 cm³/mol. The third-order valence-corrected chi connectivity index (χ3v) is 6.10. The summed E-state index contributed by atoms with van der Waals surface area (Å²) in [5.41, 5.74) is 4.23. The summed E-state index contributed by atoms with van der Waals surface area (Å²) in [7, 11) is 0. The van der Waals surface area contributed by atoms with Crippen LogP contribution < -0.4 is 10.6 Å². The van der Waals surface area contributed by atoms with Crippen LogP contribution in [0.25, 0.3) is 6.08 Å². The summed E-state index contributed by atoms with van der Waals surface area (Å²) >= 11 is 1.52. The van der Waals surface area contributed by atoms with Gasteiger partial charge in [0.15, 0.2) is 0 Å². The molecular formula is C25H24N2O2S. The molecule has 1 aromatic heterocycles. The maximum atomic E-state index is 13.2. The molecule has 3 aromatic rings. The zero-order valence-corrected chi connectivity index (χ0v) is 17.7. The van der Waals surface area contributed by atoms with Gasteiger partial charge in [-0.15, -0.1) is 11.3 Å². The van der Waals surface area contributed by atoms with Gasteiger partial charge in [-0.25, -0.2) is 0 Å². The highest BCUT2D eigenvalue weighted by atomic mass is 32.1. The fourth-order valence-electron chi connectivity index (χ4n) is 3.79. The van der Waals surface area contributed by atoms with Gasteiger partial charge in [-0.2, -0.15) is 0 Å². The lowest BCUT2D eigenvalue weighted by molar-refractivity contribution is -0.118. The zero-order valence-electron chi connectivity index (χ0n) is 16.9. The highest BCUT2D eigenvalue weighted by Gasteiger charge is 2.23. The van der Waals surface area contributed by atoms with Crippen molar-refractivity contribution in [2.24, 2.45) is 0 Å². The van der Waals surface area contributed by atoms with Crippen LogP contribution in [0.2, 0.25) is 0 Å². The summed E-state index contributed by atoms with van der Waals surface area (Å²) in [5.74, 6) is -0.563. The van der Waals surface area contributed by atoms with Crippen LogP contribution in [-0.4, -0.2) is 11.8 Å². The second-order valence-electron chi connectivity index (χ2n) is 7.51. The van der Waals surface area contributed by atoms with Gasteiger partial charge in [0.05, 0.1) is 6.04 Å². The van der Waals surface area contributed by atoms with Crippen molar-refractivity contribution in [1.82, 2.24) is 10.6 Å². The minimum absolute atomic E-state index is 0.0509. The Morgan fingerprint density at radius 1 is 1.07 bits per heavy atom. The van der Waals surface area contributed by atoms with Crippen molar-refractivity contribution in [2.45, 2.75) is 32.2 Å². The van der Waals surface area contributed by atoms with Crippen molar-refractivity contribution < 1.29 is 9.59 Å². The van der Waals surface area contributed by atoms with E-state index in [0.29, 0.717) is 5.56 Å². The Hall–Kier alpha value is -3.18. The lowest BCUT2D eigenvalue weighted by Crippen LogP contribution is -2.37.